The van der Waals surface area contributed by atoms with Gasteiger partial charge in [-0.05, 0) is 11.6 Å². The Morgan fingerprint density at radius 1 is 1.53 bits per heavy atom. The van der Waals surface area contributed by atoms with Gasteiger partial charge in [0.25, 0.3) is 0 Å². The van der Waals surface area contributed by atoms with Crippen molar-refractivity contribution in [1.29, 1.82) is 0 Å². The van der Waals surface area contributed by atoms with Crippen LogP contribution in [0.1, 0.15) is 5.56 Å². The molecule has 0 saturated carbocycles. The summed E-state index contributed by atoms with van der Waals surface area (Å²) in [6.07, 6.45) is 1.76. The Labute approximate surface area is 92.9 Å². The lowest BCUT2D eigenvalue weighted by Gasteiger charge is -2.19. The molecule has 0 unspecified atom stereocenters. The molecule has 6 heteroatoms. The van der Waals surface area contributed by atoms with E-state index in [0.29, 0.717) is 5.15 Å². The van der Waals surface area contributed by atoms with Crippen molar-refractivity contribution < 1.29 is 0 Å². The van der Waals surface area contributed by atoms with Crippen molar-refractivity contribution in [2.45, 2.75) is 6.54 Å². The second kappa shape index (κ2) is 4.46. The van der Waals surface area contributed by atoms with Crippen LogP contribution in [0, 0.1) is 0 Å². The fourth-order valence-electron chi connectivity index (χ4n) is 1.49. The third-order valence-electron chi connectivity index (χ3n) is 2.22. The zero-order valence-corrected chi connectivity index (χ0v) is 8.91. The summed E-state index contributed by atoms with van der Waals surface area (Å²) in [5.41, 5.74) is 3.66. The van der Waals surface area contributed by atoms with Crippen LogP contribution in [0.25, 0.3) is 0 Å². The number of nitrogens with zero attached hydrogens (tertiary/aromatic N) is 3. The normalized spacial score (nSPS) is 15.3. The van der Waals surface area contributed by atoms with Crippen molar-refractivity contribution in [3.05, 3.63) is 29.0 Å². The minimum Gasteiger partial charge on any atom is -0.336 e. The van der Waals surface area contributed by atoms with Gasteiger partial charge in [0.05, 0.1) is 6.54 Å². The van der Waals surface area contributed by atoms with Gasteiger partial charge in [-0.3, -0.25) is 10.4 Å². The molecule has 80 valence electrons. The summed E-state index contributed by atoms with van der Waals surface area (Å²) in [5, 5.41) is 0.506. The predicted molar refractivity (Wildman–Crippen MR) is 59.3 cm³/mol. The van der Waals surface area contributed by atoms with E-state index in [9.17, 15) is 0 Å². The summed E-state index contributed by atoms with van der Waals surface area (Å²) < 4.78 is 0. The van der Waals surface area contributed by atoms with Crippen LogP contribution >= 0.6 is 11.6 Å². The minimum absolute atomic E-state index is 0.506. The van der Waals surface area contributed by atoms with E-state index in [0.717, 1.165) is 31.2 Å². The maximum absolute atomic E-state index is 5.70. The van der Waals surface area contributed by atoms with Crippen LogP contribution in [0.3, 0.4) is 0 Å². The molecule has 0 fully saturated rings. The first kappa shape index (κ1) is 10.2. The molecule has 5 nitrogen and oxygen atoms in total. The fourth-order valence-corrected chi connectivity index (χ4v) is 1.61. The molecule has 0 bridgehead atoms. The van der Waals surface area contributed by atoms with Crippen molar-refractivity contribution in [2.24, 2.45) is 10.8 Å². The molecule has 1 aliphatic heterocycles. The summed E-state index contributed by atoms with van der Waals surface area (Å²) in [6.45, 7) is 2.40. The van der Waals surface area contributed by atoms with E-state index < -0.39 is 0 Å². The molecule has 0 saturated heterocycles. The SMILES string of the molecule is NNC1=NCCN1Cc1ccc(Cl)nc1. The minimum atomic E-state index is 0.506. The number of pyridine rings is 1. The van der Waals surface area contributed by atoms with Gasteiger partial charge in [-0.15, -0.1) is 0 Å². The molecule has 15 heavy (non-hydrogen) atoms. The molecule has 0 amide bonds. The molecule has 0 aliphatic carbocycles. The first-order chi connectivity index (χ1) is 7.29. The van der Waals surface area contributed by atoms with Crippen molar-refractivity contribution in [3.63, 3.8) is 0 Å². The van der Waals surface area contributed by atoms with Gasteiger partial charge in [0, 0.05) is 19.3 Å². The molecular weight excluding hydrogens is 214 g/mol. The van der Waals surface area contributed by atoms with Gasteiger partial charge in [0.15, 0.2) is 0 Å². The van der Waals surface area contributed by atoms with Crippen molar-refractivity contribution in [2.75, 3.05) is 13.1 Å². The van der Waals surface area contributed by atoms with Gasteiger partial charge in [-0.1, -0.05) is 17.7 Å². The second-order valence-electron chi connectivity index (χ2n) is 3.26. The Morgan fingerprint density at radius 2 is 2.40 bits per heavy atom. The third-order valence-corrected chi connectivity index (χ3v) is 2.45. The maximum atomic E-state index is 5.70. The van der Waals surface area contributed by atoms with Crippen molar-refractivity contribution >= 4 is 17.6 Å². The molecule has 1 aromatic heterocycles. The van der Waals surface area contributed by atoms with E-state index in [2.05, 4.69) is 20.3 Å². The fraction of sp³-hybridized carbons (Fsp3) is 0.333. The molecule has 3 N–H and O–H groups in total. The monoisotopic (exact) mass is 225 g/mol. The summed E-state index contributed by atoms with van der Waals surface area (Å²) in [4.78, 5) is 10.3. The third kappa shape index (κ3) is 2.37. The number of nitrogens with one attached hydrogen (secondary N) is 1. The number of hydrogen-bond acceptors (Lipinski definition) is 5. The molecule has 0 radical (unpaired) electrons. The van der Waals surface area contributed by atoms with E-state index in [-0.39, 0.29) is 0 Å². The topological polar surface area (TPSA) is 66.5 Å². The number of guanidine groups is 1. The highest BCUT2D eigenvalue weighted by molar-refractivity contribution is 6.29. The molecule has 1 aliphatic rings. The number of aliphatic imine (C=N–C) groups is 1. The van der Waals surface area contributed by atoms with Gasteiger partial charge >= 0.3 is 0 Å². The molecule has 0 atom stereocenters. The second-order valence-corrected chi connectivity index (χ2v) is 3.65. The first-order valence-electron chi connectivity index (χ1n) is 4.66. The van der Waals surface area contributed by atoms with Crippen LogP contribution in [0.4, 0.5) is 0 Å². The standard InChI is InChI=1S/C9H12ClN5/c10-8-2-1-7(5-13-8)6-15-4-3-12-9(15)14-11/h1-2,5H,3-4,6,11H2,(H,12,14). The lowest BCUT2D eigenvalue weighted by molar-refractivity contribution is 0.437. The molecule has 0 spiro atoms. The number of nitrogens with two attached hydrogens (primary N) is 1. The van der Waals surface area contributed by atoms with E-state index in [1.165, 1.54) is 0 Å². The Hall–Kier alpha value is -1.33. The van der Waals surface area contributed by atoms with Gasteiger partial charge in [0.2, 0.25) is 5.96 Å². The summed E-state index contributed by atoms with van der Waals surface area (Å²) in [6, 6.07) is 3.72. The molecule has 2 heterocycles. The number of aromatic nitrogens is 1. The number of halogens is 1. The van der Waals surface area contributed by atoms with Crippen molar-refractivity contribution in [3.8, 4) is 0 Å². The van der Waals surface area contributed by atoms with Crippen LogP contribution in [-0.4, -0.2) is 28.9 Å². The highest BCUT2D eigenvalue weighted by Gasteiger charge is 2.15. The average Bonchev–Trinajstić information content (AvgIpc) is 2.69. The lowest BCUT2D eigenvalue weighted by atomic mass is 10.3. The van der Waals surface area contributed by atoms with Gasteiger partial charge in [-0.25, -0.2) is 10.8 Å². The maximum Gasteiger partial charge on any atom is 0.208 e. The summed E-state index contributed by atoms with van der Waals surface area (Å²) in [5.74, 6) is 6.07. The van der Waals surface area contributed by atoms with Crippen LogP contribution in [0.2, 0.25) is 5.15 Å². The van der Waals surface area contributed by atoms with Gasteiger partial charge < -0.3 is 4.90 Å². The van der Waals surface area contributed by atoms with E-state index in [1.807, 2.05) is 6.07 Å². The molecule has 2 rings (SSSR count). The Kier molecular flexibility index (Phi) is 3.03. The van der Waals surface area contributed by atoms with Crippen LogP contribution in [0.5, 0.6) is 0 Å². The number of hydrazine groups is 1. The molecule has 0 aromatic carbocycles. The first-order valence-corrected chi connectivity index (χ1v) is 5.04. The quantitative estimate of drug-likeness (QED) is 0.434. The zero-order valence-electron chi connectivity index (χ0n) is 8.15. The van der Waals surface area contributed by atoms with Crippen molar-refractivity contribution in [1.82, 2.24) is 15.3 Å². The molecular formula is C9H12ClN5. The Morgan fingerprint density at radius 3 is 3.07 bits per heavy atom. The summed E-state index contributed by atoms with van der Waals surface area (Å²) in [7, 11) is 0. The average molecular weight is 226 g/mol. The van der Waals surface area contributed by atoms with Crippen LogP contribution in [-0.2, 0) is 6.54 Å². The van der Waals surface area contributed by atoms with Crippen LogP contribution < -0.4 is 11.3 Å². The number of hydrogen-bond donors (Lipinski definition) is 2. The van der Waals surface area contributed by atoms with Crippen LogP contribution in [0.15, 0.2) is 23.3 Å². The highest BCUT2D eigenvalue weighted by Crippen LogP contribution is 2.09. The Balaban J connectivity index is 2.03. The summed E-state index contributed by atoms with van der Waals surface area (Å²) >= 11 is 5.70. The highest BCUT2D eigenvalue weighted by atomic mass is 35.5. The predicted octanol–water partition coefficient (Wildman–Crippen LogP) is 0.370. The molecule has 1 aromatic rings. The van der Waals surface area contributed by atoms with E-state index >= 15 is 0 Å². The smallest absolute Gasteiger partial charge is 0.208 e. The zero-order chi connectivity index (χ0) is 10.7. The van der Waals surface area contributed by atoms with E-state index in [1.54, 1.807) is 12.3 Å². The largest absolute Gasteiger partial charge is 0.336 e. The van der Waals surface area contributed by atoms with Gasteiger partial charge in [-0.2, -0.15) is 0 Å². The number of rotatable bonds is 2. The Bertz CT molecular complexity index is 361. The van der Waals surface area contributed by atoms with Gasteiger partial charge in [0.1, 0.15) is 5.15 Å². The lowest BCUT2D eigenvalue weighted by Crippen LogP contribution is -2.41. The van der Waals surface area contributed by atoms with E-state index in [4.69, 9.17) is 17.4 Å².